The van der Waals surface area contributed by atoms with Crippen LogP contribution in [0.15, 0.2) is 47.1 Å². The van der Waals surface area contributed by atoms with Crippen LogP contribution in [-0.4, -0.2) is 15.1 Å². The Kier molecular flexibility index (Phi) is 4.39. The van der Waals surface area contributed by atoms with Crippen LogP contribution in [0.2, 0.25) is 0 Å². The molecule has 3 N–H and O–H groups in total. The van der Waals surface area contributed by atoms with Gasteiger partial charge in [0.15, 0.2) is 11.5 Å². The van der Waals surface area contributed by atoms with Gasteiger partial charge in [-0.05, 0) is 18.9 Å². The largest absolute Gasteiger partial charge is 0.380 e. The molecule has 0 aliphatic heterocycles. The van der Waals surface area contributed by atoms with Crippen molar-refractivity contribution in [1.29, 1.82) is 0 Å². The van der Waals surface area contributed by atoms with Gasteiger partial charge in [0.2, 0.25) is 0 Å². The number of aryl methyl sites for hydroxylation is 1. The van der Waals surface area contributed by atoms with E-state index in [1.165, 1.54) is 12.1 Å². The first-order chi connectivity index (χ1) is 10.1. The number of nitrogens with zero attached hydrogens (tertiary/aromatic N) is 4. The number of benzene rings is 1. The number of non-ortho nitro benzene ring substituents is 1. The van der Waals surface area contributed by atoms with Crippen molar-refractivity contribution >= 4 is 22.9 Å². The summed E-state index contributed by atoms with van der Waals surface area (Å²) in [7, 11) is 0. The molecule has 0 aliphatic carbocycles. The van der Waals surface area contributed by atoms with E-state index >= 15 is 0 Å². The topological polar surface area (TPSA) is 123 Å². The molecule has 8 heteroatoms. The van der Waals surface area contributed by atoms with E-state index in [0.29, 0.717) is 17.8 Å². The van der Waals surface area contributed by atoms with Gasteiger partial charge in [-0.2, -0.15) is 10.2 Å². The van der Waals surface area contributed by atoms with Gasteiger partial charge in [-0.3, -0.25) is 15.2 Å². The Labute approximate surface area is 120 Å². The summed E-state index contributed by atoms with van der Waals surface area (Å²) >= 11 is 0. The Balaban J connectivity index is 2.25. The van der Waals surface area contributed by atoms with Crippen molar-refractivity contribution in [1.82, 2.24) is 10.2 Å². The minimum Gasteiger partial charge on any atom is -0.380 e. The lowest BCUT2D eigenvalue weighted by Gasteiger charge is -1.96. The van der Waals surface area contributed by atoms with Crippen molar-refractivity contribution in [2.24, 2.45) is 10.2 Å². The van der Waals surface area contributed by atoms with Crippen LogP contribution in [-0.2, 0) is 6.42 Å². The molecule has 0 unspecified atom stereocenters. The third-order valence-electron chi connectivity index (χ3n) is 2.74. The minimum atomic E-state index is -0.485. The maximum absolute atomic E-state index is 10.7. The molecule has 0 spiro atoms. The van der Waals surface area contributed by atoms with Gasteiger partial charge in [0.05, 0.1) is 16.3 Å². The number of H-pyrrole nitrogens is 1. The fraction of sp³-hybridized carbons (Fsp3) is 0.154. The number of aromatic nitrogens is 2. The van der Waals surface area contributed by atoms with E-state index in [-0.39, 0.29) is 11.5 Å². The first-order valence-electron chi connectivity index (χ1n) is 6.21. The molecule has 0 amide bonds. The van der Waals surface area contributed by atoms with Crippen LogP contribution < -0.4 is 5.73 Å². The number of anilines is 1. The van der Waals surface area contributed by atoms with Crippen molar-refractivity contribution in [2.75, 3.05) is 5.73 Å². The monoisotopic (exact) mass is 286 g/mol. The van der Waals surface area contributed by atoms with Gasteiger partial charge in [0.25, 0.3) is 5.69 Å². The lowest BCUT2D eigenvalue weighted by molar-refractivity contribution is -0.384. The number of nitrogens with one attached hydrogen (secondary N) is 1. The van der Waals surface area contributed by atoms with Crippen molar-refractivity contribution in [3.05, 3.63) is 52.7 Å². The summed E-state index contributed by atoms with van der Waals surface area (Å²) < 4.78 is 0. The fourth-order valence-corrected chi connectivity index (χ4v) is 1.70. The number of aromatic amines is 1. The summed E-state index contributed by atoms with van der Waals surface area (Å²) in [6.07, 6.45) is 3.19. The number of azo groups is 1. The van der Waals surface area contributed by atoms with Gasteiger partial charge < -0.3 is 5.73 Å². The Hall–Kier alpha value is -3.03. The summed E-state index contributed by atoms with van der Waals surface area (Å²) in [4.78, 5) is 10.2. The van der Waals surface area contributed by atoms with E-state index in [1.54, 1.807) is 18.2 Å². The maximum atomic E-state index is 10.7. The summed E-state index contributed by atoms with van der Waals surface area (Å²) in [6.45, 7) is 3.65. The lowest BCUT2D eigenvalue weighted by atomic mass is 10.2. The molecule has 0 saturated carbocycles. The highest BCUT2D eigenvalue weighted by Crippen LogP contribution is 2.28. The molecule has 0 saturated heterocycles. The molecule has 0 fully saturated rings. The molecule has 8 nitrogen and oxygen atoms in total. The molecule has 1 aromatic heterocycles. The van der Waals surface area contributed by atoms with Crippen molar-refractivity contribution in [3.63, 3.8) is 0 Å². The Morgan fingerprint density at radius 2 is 2.29 bits per heavy atom. The van der Waals surface area contributed by atoms with E-state index in [2.05, 4.69) is 27.0 Å². The normalized spacial score (nSPS) is 10.9. The highest BCUT2D eigenvalue weighted by Gasteiger charge is 2.10. The molecule has 0 bridgehead atoms. The zero-order valence-corrected chi connectivity index (χ0v) is 11.2. The first-order valence-corrected chi connectivity index (χ1v) is 6.21. The van der Waals surface area contributed by atoms with Gasteiger partial charge in [-0.25, -0.2) is 0 Å². The van der Waals surface area contributed by atoms with E-state index < -0.39 is 4.92 Å². The summed E-state index contributed by atoms with van der Waals surface area (Å²) in [5, 5.41) is 25.4. The Bertz CT molecular complexity index is 692. The minimum absolute atomic E-state index is 0.0431. The summed E-state index contributed by atoms with van der Waals surface area (Å²) in [6, 6.07) is 5.89. The smallest absolute Gasteiger partial charge is 0.271 e. The molecule has 0 atom stereocenters. The second-order valence-electron chi connectivity index (χ2n) is 4.24. The maximum Gasteiger partial charge on any atom is 0.271 e. The number of hydrogen-bond donors (Lipinski definition) is 2. The highest BCUT2D eigenvalue weighted by atomic mass is 16.6. The van der Waals surface area contributed by atoms with Crippen molar-refractivity contribution < 1.29 is 4.92 Å². The van der Waals surface area contributed by atoms with E-state index in [4.69, 9.17) is 5.73 Å². The number of nitro groups is 1. The molecular formula is C13H14N6O2. The second kappa shape index (κ2) is 6.42. The molecule has 108 valence electrons. The zero-order valence-electron chi connectivity index (χ0n) is 11.2. The van der Waals surface area contributed by atoms with Crippen LogP contribution >= 0.6 is 0 Å². The standard InChI is InChI=1S/C13H14N6O2/c1-2-3-7-11-12(13(14)18-16-11)17-15-9-5-4-6-10(8-9)19(20)21/h2,4-6,8H,1,3,7H2,(H3,14,16,18). The predicted molar refractivity (Wildman–Crippen MR) is 78.8 cm³/mol. The highest BCUT2D eigenvalue weighted by molar-refractivity contribution is 5.60. The van der Waals surface area contributed by atoms with Gasteiger partial charge in [0.1, 0.15) is 0 Å². The Morgan fingerprint density at radius 1 is 1.48 bits per heavy atom. The van der Waals surface area contributed by atoms with E-state index in [9.17, 15) is 10.1 Å². The number of nitrogen functional groups attached to an aromatic ring is 1. The molecule has 2 aromatic rings. The van der Waals surface area contributed by atoms with Gasteiger partial charge in [-0.1, -0.05) is 12.1 Å². The van der Waals surface area contributed by atoms with E-state index in [1.807, 2.05) is 0 Å². The third-order valence-corrected chi connectivity index (χ3v) is 2.74. The molecule has 1 aromatic carbocycles. The number of allylic oxidation sites excluding steroid dienone is 1. The van der Waals surface area contributed by atoms with Crippen molar-refractivity contribution in [3.8, 4) is 0 Å². The predicted octanol–water partition coefficient (Wildman–Crippen LogP) is 3.43. The lowest BCUT2D eigenvalue weighted by Crippen LogP contribution is -1.86. The third kappa shape index (κ3) is 3.50. The number of hydrogen-bond acceptors (Lipinski definition) is 6. The van der Waals surface area contributed by atoms with Crippen LogP contribution in [0.3, 0.4) is 0 Å². The second-order valence-corrected chi connectivity index (χ2v) is 4.24. The van der Waals surface area contributed by atoms with Gasteiger partial charge >= 0.3 is 0 Å². The molecular weight excluding hydrogens is 272 g/mol. The van der Waals surface area contributed by atoms with Crippen LogP contribution in [0, 0.1) is 10.1 Å². The first kappa shape index (κ1) is 14.4. The van der Waals surface area contributed by atoms with Gasteiger partial charge in [0, 0.05) is 12.1 Å². The fourth-order valence-electron chi connectivity index (χ4n) is 1.70. The molecule has 0 aliphatic rings. The summed E-state index contributed by atoms with van der Waals surface area (Å²) in [5.74, 6) is 0.239. The summed E-state index contributed by atoms with van der Waals surface area (Å²) in [5.41, 5.74) is 7.26. The number of nitro benzene ring substituents is 1. The van der Waals surface area contributed by atoms with Crippen LogP contribution in [0.5, 0.6) is 0 Å². The molecule has 2 rings (SSSR count). The van der Waals surface area contributed by atoms with Crippen LogP contribution in [0.1, 0.15) is 12.1 Å². The quantitative estimate of drug-likeness (QED) is 0.365. The average Bonchev–Trinajstić information content (AvgIpc) is 2.83. The number of nitrogens with two attached hydrogens (primary N) is 1. The Morgan fingerprint density at radius 3 is 3.00 bits per heavy atom. The molecule has 21 heavy (non-hydrogen) atoms. The van der Waals surface area contributed by atoms with E-state index in [0.717, 1.165) is 12.1 Å². The molecule has 0 radical (unpaired) electrons. The van der Waals surface area contributed by atoms with Crippen LogP contribution in [0.25, 0.3) is 0 Å². The zero-order chi connectivity index (χ0) is 15.2. The van der Waals surface area contributed by atoms with Crippen molar-refractivity contribution in [2.45, 2.75) is 12.8 Å². The SMILES string of the molecule is C=CCCc1[nH]nc(N)c1N=Nc1cccc([N+](=O)[O-])c1. The van der Waals surface area contributed by atoms with Gasteiger partial charge in [-0.15, -0.1) is 11.7 Å². The number of rotatable bonds is 6. The van der Waals surface area contributed by atoms with Crippen LogP contribution in [0.4, 0.5) is 22.9 Å². The molecule has 1 heterocycles. The average molecular weight is 286 g/mol.